The number of aromatic nitrogens is 4. The highest BCUT2D eigenvalue weighted by molar-refractivity contribution is 7.98. The molecule has 2 aromatic heterocycles. The van der Waals surface area contributed by atoms with Crippen LogP contribution in [-0.2, 0) is 0 Å². The molecule has 188 valence electrons. The van der Waals surface area contributed by atoms with Crippen molar-refractivity contribution >= 4 is 35.3 Å². The Morgan fingerprint density at radius 2 is 1.86 bits per heavy atom. The lowest BCUT2D eigenvalue weighted by Crippen LogP contribution is -2.21. The van der Waals surface area contributed by atoms with Gasteiger partial charge in [-0.3, -0.25) is 0 Å². The van der Waals surface area contributed by atoms with Crippen LogP contribution in [0, 0.1) is 5.82 Å². The van der Waals surface area contributed by atoms with Crippen molar-refractivity contribution in [2.75, 3.05) is 28.1 Å². The first-order chi connectivity index (χ1) is 17.1. The van der Waals surface area contributed by atoms with Crippen LogP contribution in [0.15, 0.2) is 36.5 Å². The molecule has 1 atom stereocenters. The predicted molar refractivity (Wildman–Crippen MR) is 141 cm³/mol. The summed E-state index contributed by atoms with van der Waals surface area (Å²) >= 11 is 1.49. The summed E-state index contributed by atoms with van der Waals surface area (Å²) in [4.78, 5) is 17.1. The molecule has 0 bridgehead atoms. The molecule has 1 saturated carbocycles. The van der Waals surface area contributed by atoms with Crippen LogP contribution in [0.1, 0.15) is 63.6 Å². The molecular weight excluding hydrogens is 465 g/mol. The van der Waals surface area contributed by atoms with Crippen molar-refractivity contribution in [3.63, 3.8) is 0 Å². The molecule has 8 nitrogen and oxygen atoms in total. The molecule has 1 unspecified atom stereocenters. The standard InChI is InChI=1S/C25H34FN7OS/c1-3-20(21-11-8-14-27-21)30-25-32-23(28-17-9-6-4-5-7-10-17)31-24(33-25)29-18-12-13-22(19(26)15-18)34-16-35-2/h8,11-15,17,20,27H,3-7,9-10,16H2,1-2H3,(H3,28,29,30,31,32,33). The SMILES string of the molecule is CCC(Nc1nc(Nc2ccc(OCSC)c(F)c2)nc(NC2CCCCCC2)n1)c1ccc[nH]1. The summed E-state index contributed by atoms with van der Waals surface area (Å²) in [6, 6.07) is 9.11. The molecule has 0 amide bonds. The maximum Gasteiger partial charge on any atom is 0.233 e. The molecule has 0 aliphatic heterocycles. The number of thioether (sulfide) groups is 1. The first-order valence-electron chi connectivity index (χ1n) is 12.3. The monoisotopic (exact) mass is 499 g/mol. The minimum atomic E-state index is -0.439. The van der Waals surface area contributed by atoms with Gasteiger partial charge in [0.2, 0.25) is 17.8 Å². The third kappa shape index (κ3) is 7.24. The lowest BCUT2D eigenvalue weighted by atomic mass is 10.1. The van der Waals surface area contributed by atoms with Crippen molar-refractivity contribution in [3.05, 3.63) is 48.0 Å². The van der Waals surface area contributed by atoms with Gasteiger partial charge in [-0.1, -0.05) is 32.6 Å². The van der Waals surface area contributed by atoms with E-state index in [1.807, 2.05) is 24.6 Å². The molecule has 2 heterocycles. The van der Waals surface area contributed by atoms with E-state index in [4.69, 9.17) is 4.74 Å². The Hall–Kier alpha value is -3.01. The van der Waals surface area contributed by atoms with Crippen molar-refractivity contribution in [1.29, 1.82) is 0 Å². The Morgan fingerprint density at radius 3 is 2.54 bits per heavy atom. The van der Waals surface area contributed by atoms with Crippen molar-refractivity contribution in [3.8, 4) is 5.75 Å². The Kier molecular flexibility index (Phi) is 9.05. The van der Waals surface area contributed by atoms with Crippen molar-refractivity contribution in [2.45, 2.75) is 64.0 Å². The van der Waals surface area contributed by atoms with Crippen LogP contribution in [-0.4, -0.2) is 38.2 Å². The van der Waals surface area contributed by atoms with Crippen LogP contribution in [0.2, 0.25) is 0 Å². The van der Waals surface area contributed by atoms with E-state index in [0.717, 1.165) is 25.0 Å². The van der Waals surface area contributed by atoms with Crippen molar-refractivity contribution in [1.82, 2.24) is 19.9 Å². The molecule has 0 spiro atoms. The number of hydrogen-bond donors (Lipinski definition) is 4. The number of nitrogens with zero attached hydrogens (tertiary/aromatic N) is 3. The van der Waals surface area contributed by atoms with Gasteiger partial charge in [-0.15, -0.1) is 11.8 Å². The molecule has 0 radical (unpaired) electrons. The second-order valence-electron chi connectivity index (χ2n) is 8.69. The van der Waals surface area contributed by atoms with Gasteiger partial charge in [0.15, 0.2) is 11.6 Å². The zero-order valence-electron chi connectivity index (χ0n) is 20.3. The van der Waals surface area contributed by atoms with E-state index in [2.05, 4.69) is 42.8 Å². The quantitative estimate of drug-likeness (QED) is 0.176. The molecule has 1 aliphatic rings. The molecule has 1 aromatic carbocycles. The lowest BCUT2D eigenvalue weighted by Gasteiger charge is -2.19. The van der Waals surface area contributed by atoms with E-state index in [0.29, 0.717) is 35.5 Å². The summed E-state index contributed by atoms with van der Waals surface area (Å²) in [5.74, 6) is 1.49. The summed E-state index contributed by atoms with van der Waals surface area (Å²) in [6.07, 6.45) is 11.8. The van der Waals surface area contributed by atoms with Gasteiger partial charge in [0.1, 0.15) is 5.94 Å². The Balaban J connectivity index is 1.57. The Morgan fingerprint density at radius 1 is 1.09 bits per heavy atom. The molecule has 35 heavy (non-hydrogen) atoms. The molecule has 1 fully saturated rings. The van der Waals surface area contributed by atoms with Gasteiger partial charge in [-0.05, 0) is 49.8 Å². The largest absolute Gasteiger partial charge is 0.480 e. The van der Waals surface area contributed by atoms with Gasteiger partial charge >= 0.3 is 0 Å². The average Bonchev–Trinajstić information content (AvgIpc) is 3.27. The number of hydrogen-bond acceptors (Lipinski definition) is 8. The maximum absolute atomic E-state index is 14.5. The third-order valence-electron chi connectivity index (χ3n) is 6.05. The zero-order valence-corrected chi connectivity index (χ0v) is 21.1. The first-order valence-corrected chi connectivity index (χ1v) is 13.6. The number of halogens is 1. The van der Waals surface area contributed by atoms with Crippen LogP contribution >= 0.6 is 11.8 Å². The van der Waals surface area contributed by atoms with E-state index in [1.54, 1.807) is 12.1 Å². The molecule has 1 aliphatic carbocycles. The third-order valence-corrected chi connectivity index (χ3v) is 6.41. The average molecular weight is 500 g/mol. The number of aromatic amines is 1. The summed E-state index contributed by atoms with van der Waals surface area (Å²) in [6.45, 7) is 2.10. The van der Waals surface area contributed by atoms with Gasteiger partial charge in [0.05, 0.1) is 6.04 Å². The fraction of sp³-hybridized carbons (Fsp3) is 0.480. The van der Waals surface area contributed by atoms with Crippen LogP contribution in [0.3, 0.4) is 0 Å². The van der Waals surface area contributed by atoms with E-state index in [1.165, 1.54) is 43.5 Å². The second-order valence-corrected chi connectivity index (χ2v) is 9.50. The van der Waals surface area contributed by atoms with Gasteiger partial charge in [0, 0.05) is 29.7 Å². The summed E-state index contributed by atoms with van der Waals surface area (Å²) in [5.41, 5.74) is 1.59. The van der Waals surface area contributed by atoms with Crippen LogP contribution in [0.5, 0.6) is 5.75 Å². The predicted octanol–water partition coefficient (Wildman–Crippen LogP) is 6.48. The van der Waals surface area contributed by atoms with E-state index < -0.39 is 5.82 Å². The Bertz CT molecular complexity index is 1060. The molecule has 0 saturated heterocycles. The van der Waals surface area contributed by atoms with Gasteiger partial charge in [-0.25, -0.2) is 4.39 Å². The van der Waals surface area contributed by atoms with Crippen LogP contribution < -0.4 is 20.7 Å². The van der Waals surface area contributed by atoms with Crippen molar-refractivity contribution < 1.29 is 9.13 Å². The number of anilines is 4. The minimum Gasteiger partial charge on any atom is -0.480 e. The highest BCUT2D eigenvalue weighted by atomic mass is 32.2. The number of H-pyrrole nitrogens is 1. The number of nitrogens with one attached hydrogen (secondary N) is 4. The van der Waals surface area contributed by atoms with Crippen LogP contribution in [0.4, 0.5) is 27.9 Å². The fourth-order valence-electron chi connectivity index (χ4n) is 4.23. The molecule has 4 rings (SSSR count). The van der Waals surface area contributed by atoms with E-state index in [-0.39, 0.29) is 11.8 Å². The lowest BCUT2D eigenvalue weighted by molar-refractivity contribution is 0.368. The van der Waals surface area contributed by atoms with Crippen molar-refractivity contribution in [2.24, 2.45) is 0 Å². The molecule has 4 N–H and O–H groups in total. The smallest absolute Gasteiger partial charge is 0.233 e. The normalized spacial score (nSPS) is 15.3. The zero-order chi connectivity index (χ0) is 24.5. The number of ether oxygens (including phenoxy) is 1. The molecule has 10 heteroatoms. The maximum atomic E-state index is 14.5. The Labute approximate surface area is 210 Å². The van der Waals surface area contributed by atoms with Crippen LogP contribution in [0.25, 0.3) is 0 Å². The second kappa shape index (κ2) is 12.6. The number of benzene rings is 1. The van der Waals surface area contributed by atoms with E-state index >= 15 is 0 Å². The molecular formula is C25H34FN7OS. The summed E-state index contributed by atoms with van der Waals surface area (Å²) in [7, 11) is 0. The highest BCUT2D eigenvalue weighted by Crippen LogP contribution is 2.26. The van der Waals surface area contributed by atoms with Gasteiger partial charge in [0.25, 0.3) is 0 Å². The highest BCUT2D eigenvalue weighted by Gasteiger charge is 2.17. The molecule has 3 aromatic rings. The topological polar surface area (TPSA) is 99.8 Å². The first kappa shape index (κ1) is 25.1. The summed E-state index contributed by atoms with van der Waals surface area (Å²) < 4.78 is 19.9. The number of rotatable bonds is 11. The van der Waals surface area contributed by atoms with E-state index in [9.17, 15) is 4.39 Å². The fourth-order valence-corrected chi connectivity index (χ4v) is 4.48. The van der Waals surface area contributed by atoms with Gasteiger partial charge < -0.3 is 25.7 Å². The van der Waals surface area contributed by atoms with Gasteiger partial charge in [-0.2, -0.15) is 15.0 Å². The summed E-state index contributed by atoms with van der Waals surface area (Å²) in [5, 5.41) is 10.1. The minimum absolute atomic E-state index is 0.0243.